The summed E-state index contributed by atoms with van der Waals surface area (Å²) in [6.07, 6.45) is -6.66. The number of hydrazine groups is 1. The molecule has 2 aromatic heterocycles. The van der Waals surface area contributed by atoms with Crippen molar-refractivity contribution < 1.29 is 36.8 Å². The van der Waals surface area contributed by atoms with Crippen LogP contribution in [0.4, 0.5) is 23.2 Å². The summed E-state index contributed by atoms with van der Waals surface area (Å²) in [6.45, 7) is 2.78. The van der Waals surface area contributed by atoms with Crippen LogP contribution in [-0.2, 0) is 6.54 Å². The minimum atomic E-state index is -3.59. The fourth-order valence-corrected chi connectivity index (χ4v) is 2.97. The fourth-order valence-electron chi connectivity index (χ4n) is 2.97. The second-order valence-electron chi connectivity index (χ2n) is 6.44. The van der Waals surface area contributed by atoms with Gasteiger partial charge in [-0.1, -0.05) is 0 Å². The third-order valence-electron chi connectivity index (χ3n) is 4.43. The number of allylic oxidation sites excluding steroid dienone is 1. The van der Waals surface area contributed by atoms with Crippen molar-refractivity contribution in [2.24, 2.45) is 0 Å². The van der Waals surface area contributed by atoms with E-state index in [1.165, 1.54) is 24.6 Å². The average molecular weight is 433 g/mol. The number of aromatic nitrogens is 2. The van der Waals surface area contributed by atoms with E-state index >= 15 is 0 Å². The van der Waals surface area contributed by atoms with Gasteiger partial charge >= 0.3 is 11.6 Å². The van der Waals surface area contributed by atoms with Gasteiger partial charge in [-0.25, -0.2) is 22.6 Å². The van der Waals surface area contributed by atoms with Gasteiger partial charge in [0, 0.05) is 6.08 Å². The molecule has 1 amide bonds. The standard InChI is InChI=1S/C16H15F4N5O5/c1-7-12(25(28)29)8(2)23(21-7)6-9-3-4-11(30-9)14(26)24-16(27,15(19)20)5-10(22-24)13(17)18/h3-5,13,15,22,27H,6H2,1-2H3. The number of hydrogen-bond donors (Lipinski definition) is 2. The van der Waals surface area contributed by atoms with Crippen LogP contribution in [0.2, 0.25) is 0 Å². The Morgan fingerprint density at radius 2 is 2.03 bits per heavy atom. The van der Waals surface area contributed by atoms with Crippen molar-refractivity contribution in [3.05, 3.63) is 56.9 Å². The average Bonchev–Trinajstić information content (AvgIpc) is 3.32. The highest BCUT2D eigenvalue weighted by atomic mass is 19.3. The number of nitrogens with zero attached hydrogens (tertiary/aromatic N) is 4. The van der Waals surface area contributed by atoms with Crippen LogP contribution in [0.15, 0.2) is 28.3 Å². The van der Waals surface area contributed by atoms with Gasteiger partial charge in [-0.05, 0) is 26.0 Å². The number of hydrogen-bond acceptors (Lipinski definition) is 7. The summed E-state index contributed by atoms with van der Waals surface area (Å²) in [5, 5.41) is 25.0. The summed E-state index contributed by atoms with van der Waals surface area (Å²) in [7, 11) is 0. The first-order valence-electron chi connectivity index (χ1n) is 8.35. The summed E-state index contributed by atoms with van der Waals surface area (Å²) in [4.78, 5) is 23.0. The maximum absolute atomic E-state index is 13.3. The van der Waals surface area contributed by atoms with Crippen LogP contribution in [0, 0.1) is 24.0 Å². The first-order chi connectivity index (χ1) is 14.0. The van der Waals surface area contributed by atoms with Crippen molar-refractivity contribution in [3.8, 4) is 0 Å². The second-order valence-corrected chi connectivity index (χ2v) is 6.44. The lowest BCUT2D eigenvalue weighted by molar-refractivity contribution is -0.386. The lowest BCUT2D eigenvalue weighted by Crippen LogP contribution is -2.56. The Balaban J connectivity index is 1.84. The minimum Gasteiger partial charge on any atom is -0.454 e. The Hall–Kier alpha value is -3.42. The molecule has 10 nitrogen and oxygen atoms in total. The van der Waals surface area contributed by atoms with Gasteiger partial charge in [-0.2, -0.15) is 5.10 Å². The van der Waals surface area contributed by atoms with Gasteiger partial charge in [0.05, 0.1) is 17.2 Å². The Morgan fingerprint density at radius 3 is 2.57 bits per heavy atom. The molecule has 0 fully saturated rings. The molecule has 0 radical (unpaired) electrons. The number of carbonyl (C=O) groups excluding carboxylic acids is 1. The van der Waals surface area contributed by atoms with Crippen molar-refractivity contribution in [1.82, 2.24) is 20.2 Å². The molecule has 2 aromatic rings. The van der Waals surface area contributed by atoms with E-state index in [4.69, 9.17) is 4.42 Å². The SMILES string of the molecule is Cc1nn(Cc2ccc(C(=O)N3NC(C(F)F)=CC3(O)C(F)F)o2)c(C)c1[N+](=O)[O-]. The van der Waals surface area contributed by atoms with Crippen molar-refractivity contribution in [1.29, 1.82) is 0 Å². The van der Waals surface area contributed by atoms with Crippen LogP contribution in [0.1, 0.15) is 27.7 Å². The quantitative estimate of drug-likeness (QED) is 0.406. The van der Waals surface area contributed by atoms with E-state index in [9.17, 15) is 37.6 Å². The zero-order valence-corrected chi connectivity index (χ0v) is 15.5. The highest BCUT2D eigenvalue weighted by Gasteiger charge is 2.51. The van der Waals surface area contributed by atoms with Gasteiger partial charge in [0.25, 0.3) is 12.9 Å². The number of halogens is 4. The number of nitrogens with one attached hydrogen (secondary N) is 1. The van der Waals surface area contributed by atoms with Gasteiger partial charge < -0.3 is 9.52 Å². The van der Waals surface area contributed by atoms with Gasteiger partial charge in [-0.15, -0.1) is 0 Å². The minimum absolute atomic E-state index is 0.0457. The van der Waals surface area contributed by atoms with Crippen molar-refractivity contribution in [3.63, 3.8) is 0 Å². The summed E-state index contributed by atoms with van der Waals surface area (Å²) in [5.74, 6) is -1.77. The van der Waals surface area contributed by atoms with Crippen LogP contribution >= 0.6 is 0 Å². The Labute approximate surface area is 165 Å². The lowest BCUT2D eigenvalue weighted by Gasteiger charge is -2.30. The smallest absolute Gasteiger partial charge is 0.312 e. The van der Waals surface area contributed by atoms with E-state index in [0.29, 0.717) is 0 Å². The maximum atomic E-state index is 13.3. The van der Waals surface area contributed by atoms with Crippen LogP contribution in [-0.4, -0.2) is 49.3 Å². The Kier molecular flexibility index (Phi) is 5.28. The molecule has 0 bridgehead atoms. The van der Waals surface area contributed by atoms with E-state index in [1.54, 1.807) is 5.43 Å². The Morgan fingerprint density at radius 1 is 1.37 bits per heavy atom. The molecule has 0 spiro atoms. The number of nitro groups is 1. The van der Waals surface area contributed by atoms with Crippen LogP contribution < -0.4 is 5.43 Å². The van der Waals surface area contributed by atoms with Gasteiger partial charge in [0.15, 0.2) is 5.76 Å². The number of aryl methyl sites for hydroxylation is 1. The molecule has 0 saturated carbocycles. The zero-order chi connectivity index (χ0) is 22.4. The highest BCUT2D eigenvalue weighted by molar-refractivity contribution is 5.92. The van der Waals surface area contributed by atoms with Crippen molar-refractivity contribution >= 4 is 11.6 Å². The largest absolute Gasteiger partial charge is 0.454 e. The van der Waals surface area contributed by atoms with E-state index in [1.807, 2.05) is 0 Å². The van der Waals surface area contributed by atoms with E-state index in [2.05, 4.69) is 5.10 Å². The number of furan rings is 1. The van der Waals surface area contributed by atoms with Crippen LogP contribution in [0.3, 0.4) is 0 Å². The molecule has 162 valence electrons. The second kappa shape index (κ2) is 7.44. The monoisotopic (exact) mass is 433 g/mol. The number of carbonyl (C=O) groups is 1. The summed E-state index contributed by atoms with van der Waals surface area (Å²) >= 11 is 0. The third kappa shape index (κ3) is 3.49. The van der Waals surface area contributed by atoms with Crippen LogP contribution in [0.5, 0.6) is 0 Å². The topological polar surface area (TPSA) is 127 Å². The van der Waals surface area contributed by atoms with E-state index in [-0.39, 0.29) is 40.5 Å². The highest BCUT2D eigenvalue weighted by Crippen LogP contribution is 2.31. The normalized spacial score (nSPS) is 18.8. The fraction of sp³-hybridized carbons (Fsp3) is 0.375. The van der Waals surface area contributed by atoms with Gasteiger partial charge in [0.2, 0.25) is 5.72 Å². The number of rotatable bonds is 6. The van der Waals surface area contributed by atoms with Crippen molar-refractivity contribution in [2.45, 2.75) is 39.0 Å². The molecule has 1 aliphatic heterocycles. The predicted octanol–water partition coefficient (Wildman–Crippen LogP) is 2.11. The first kappa shape index (κ1) is 21.3. The number of alkyl halides is 4. The summed E-state index contributed by atoms with van der Waals surface area (Å²) < 4.78 is 58.7. The first-order valence-corrected chi connectivity index (χ1v) is 8.35. The summed E-state index contributed by atoms with van der Waals surface area (Å²) in [5.41, 5.74) is -2.40. The molecular formula is C16H15F4N5O5. The van der Waals surface area contributed by atoms with Gasteiger partial charge in [0.1, 0.15) is 17.1 Å². The third-order valence-corrected chi connectivity index (χ3v) is 4.43. The number of aliphatic hydroxyl groups is 1. The lowest BCUT2D eigenvalue weighted by atomic mass is 10.2. The van der Waals surface area contributed by atoms with Crippen LogP contribution in [0.25, 0.3) is 0 Å². The maximum Gasteiger partial charge on any atom is 0.312 e. The zero-order valence-electron chi connectivity index (χ0n) is 15.5. The Bertz CT molecular complexity index is 1030. The molecule has 1 aliphatic rings. The number of amides is 1. The molecule has 14 heteroatoms. The molecule has 2 N–H and O–H groups in total. The van der Waals surface area contributed by atoms with E-state index < -0.39 is 40.9 Å². The van der Waals surface area contributed by atoms with Gasteiger partial charge in [-0.3, -0.25) is 25.0 Å². The molecule has 0 saturated heterocycles. The molecule has 0 aliphatic carbocycles. The molecule has 3 rings (SSSR count). The molecular weight excluding hydrogens is 418 g/mol. The molecule has 0 aromatic carbocycles. The summed E-state index contributed by atoms with van der Waals surface area (Å²) in [6, 6.07) is 2.38. The predicted molar refractivity (Wildman–Crippen MR) is 90.5 cm³/mol. The van der Waals surface area contributed by atoms with E-state index in [0.717, 1.165) is 6.07 Å². The molecule has 1 unspecified atom stereocenters. The molecule has 1 atom stereocenters. The molecule has 30 heavy (non-hydrogen) atoms. The molecule has 3 heterocycles. The van der Waals surface area contributed by atoms with Crippen molar-refractivity contribution in [2.75, 3.05) is 0 Å².